The number of hydrogen-bond donors (Lipinski definition) is 2. The molecule has 2 aromatic rings. The van der Waals surface area contributed by atoms with Gasteiger partial charge in [0.25, 0.3) is 5.91 Å². The van der Waals surface area contributed by atoms with Crippen LogP contribution in [0.5, 0.6) is 0 Å². The van der Waals surface area contributed by atoms with Gasteiger partial charge in [0.05, 0.1) is 5.56 Å². The summed E-state index contributed by atoms with van der Waals surface area (Å²) >= 11 is 7.16. The molecule has 0 spiro atoms. The Kier molecular flexibility index (Phi) is 5.48. The molecule has 0 bridgehead atoms. The minimum Gasteiger partial charge on any atom is -0.352 e. The molecule has 2 heterocycles. The fourth-order valence-electron chi connectivity index (χ4n) is 2.56. The Bertz CT molecular complexity index is 738. The largest absolute Gasteiger partial charge is 0.352 e. The van der Waals surface area contributed by atoms with Crippen LogP contribution >= 0.6 is 24.0 Å². The zero-order chi connectivity index (χ0) is 16.1. The maximum atomic E-state index is 12.3. The van der Waals surface area contributed by atoms with E-state index in [0.717, 1.165) is 25.3 Å². The van der Waals surface area contributed by atoms with Gasteiger partial charge in [-0.05, 0) is 29.8 Å². The van der Waals surface area contributed by atoms with Gasteiger partial charge in [0.15, 0.2) is 0 Å². The zero-order valence-corrected chi connectivity index (χ0v) is 14.4. The van der Waals surface area contributed by atoms with Gasteiger partial charge in [-0.15, -0.1) is 0 Å². The molecule has 120 valence electrons. The lowest BCUT2D eigenvalue weighted by Gasteiger charge is -2.26. The van der Waals surface area contributed by atoms with E-state index in [1.807, 2.05) is 30.0 Å². The van der Waals surface area contributed by atoms with E-state index < -0.39 is 0 Å². The standard InChI is InChI=1S/C17H19N3OS2/c21-16(15-5-2-6-18-17(15)22)19-14-4-1-3-13(11-14)12-20-7-9-23-10-8-20/h1-6,11H,7-10,12H2,(H,18,22)(H,19,21). The van der Waals surface area contributed by atoms with E-state index in [9.17, 15) is 4.79 Å². The molecule has 4 nitrogen and oxygen atoms in total. The molecule has 1 aromatic carbocycles. The average Bonchev–Trinajstić information content (AvgIpc) is 2.56. The van der Waals surface area contributed by atoms with Crippen LogP contribution in [0, 0.1) is 4.64 Å². The molecule has 3 rings (SSSR count). The summed E-state index contributed by atoms with van der Waals surface area (Å²) in [6.07, 6.45) is 1.72. The quantitative estimate of drug-likeness (QED) is 0.832. The van der Waals surface area contributed by atoms with E-state index in [0.29, 0.717) is 10.2 Å². The Morgan fingerprint density at radius 2 is 2.09 bits per heavy atom. The monoisotopic (exact) mass is 345 g/mol. The molecule has 23 heavy (non-hydrogen) atoms. The normalized spacial score (nSPS) is 15.3. The summed E-state index contributed by atoms with van der Waals surface area (Å²) < 4.78 is 0.451. The molecule has 1 aromatic heterocycles. The molecule has 1 aliphatic rings. The number of hydrogen-bond acceptors (Lipinski definition) is 4. The highest BCUT2D eigenvalue weighted by Crippen LogP contribution is 2.17. The number of pyridine rings is 1. The number of H-pyrrole nitrogens is 1. The Labute approximate surface area is 145 Å². The maximum Gasteiger partial charge on any atom is 0.258 e. The van der Waals surface area contributed by atoms with Crippen molar-refractivity contribution < 1.29 is 4.79 Å². The van der Waals surface area contributed by atoms with Crippen molar-refractivity contribution in [1.82, 2.24) is 9.88 Å². The summed E-state index contributed by atoms with van der Waals surface area (Å²) in [6, 6.07) is 11.5. The van der Waals surface area contributed by atoms with Gasteiger partial charge in [-0.3, -0.25) is 9.69 Å². The number of aromatic nitrogens is 1. The third-order valence-electron chi connectivity index (χ3n) is 3.76. The van der Waals surface area contributed by atoms with Crippen LogP contribution < -0.4 is 5.32 Å². The van der Waals surface area contributed by atoms with E-state index in [-0.39, 0.29) is 5.91 Å². The number of benzene rings is 1. The molecule has 0 saturated carbocycles. The molecule has 1 amide bonds. The first-order valence-corrected chi connectivity index (χ1v) is 9.17. The van der Waals surface area contributed by atoms with Crippen LogP contribution in [0.1, 0.15) is 15.9 Å². The van der Waals surface area contributed by atoms with Gasteiger partial charge in [-0.1, -0.05) is 24.4 Å². The zero-order valence-electron chi connectivity index (χ0n) is 12.7. The minimum absolute atomic E-state index is 0.182. The van der Waals surface area contributed by atoms with E-state index in [2.05, 4.69) is 21.3 Å². The third-order valence-corrected chi connectivity index (χ3v) is 5.04. The number of thioether (sulfide) groups is 1. The predicted octanol–water partition coefficient (Wildman–Crippen LogP) is 3.55. The molecule has 0 radical (unpaired) electrons. The molecular formula is C17H19N3OS2. The number of rotatable bonds is 4. The number of anilines is 1. The van der Waals surface area contributed by atoms with Gasteiger partial charge < -0.3 is 10.3 Å². The Hall–Kier alpha value is -1.63. The number of aromatic amines is 1. The molecule has 1 saturated heterocycles. The number of nitrogens with zero attached hydrogens (tertiary/aromatic N) is 1. The predicted molar refractivity (Wildman–Crippen MR) is 98.6 cm³/mol. The SMILES string of the molecule is O=C(Nc1cccc(CN2CCSCC2)c1)c1ccc[nH]c1=S. The third kappa shape index (κ3) is 4.43. The Balaban J connectivity index is 1.68. The first-order chi connectivity index (χ1) is 11.2. The van der Waals surface area contributed by atoms with Crippen LogP contribution in [0.2, 0.25) is 0 Å². The Morgan fingerprint density at radius 3 is 2.87 bits per heavy atom. The van der Waals surface area contributed by atoms with Crippen molar-refractivity contribution in [3.8, 4) is 0 Å². The molecule has 0 atom stereocenters. The lowest BCUT2D eigenvalue weighted by Crippen LogP contribution is -2.31. The van der Waals surface area contributed by atoms with Crippen molar-refractivity contribution in [2.45, 2.75) is 6.54 Å². The summed E-state index contributed by atoms with van der Waals surface area (Å²) in [5.41, 5.74) is 2.51. The molecule has 2 N–H and O–H groups in total. The second-order valence-electron chi connectivity index (χ2n) is 5.46. The van der Waals surface area contributed by atoms with Crippen LogP contribution in [0.3, 0.4) is 0 Å². The first kappa shape index (κ1) is 16.2. The van der Waals surface area contributed by atoms with Crippen LogP contribution in [0.15, 0.2) is 42.6 Å². The minimum atomic E-state index is -0.182. The van der Waals surface area contributed by atoms with Crippen molar-refractivity contribution >= 4 is 35.6 Å². The number of carbonyl (C=O) groups is 1. The highest BCUT2D eigenvalue weighted by atomic mass is 32.2. The van der Waals surface area contributed by atoms with Crippen LogP contribution in [-0.4, -0.2) is 40.4 Å². The highest BCUT2D eigenvalue weighted by molar-refractivity contribution is 7.99. The smallest absolute Gasteiger partial charge is 0.258 e. The van der Waals surface area contributed by atoms with Crippen molar-refractivity contribution in [2.24, 2.45) is 0 Å². The fourth-order valence-corrected chi connectivity index (χ4v) is 3.77. The second-order valence-corrected chi connectivity index (χ2v) is 7.09. The van der Waals surface area contributed by atoms with Crippen LogP contribution in [0.4, 0.5) is 5.69 Å². The summed E-state index contributed by atoms with van der Waals surface area (Å²) in [6.45, 7) is 3.18. The van der Waals surface area contributed by atoms with Crippen LogP contribution in [-0.2, 0) is 6.54 Å². The fraction of sp³-hybridized carbons (Fsp3) is 0.294. The Morgan fingerprint density at radius 1 is 1.26 bits per heavy atom. The van der Waals surface area contributed by atoms with E-state index in [4.69, 9.17) is 12.2 Å². The van der Waals surface area contributed by atoms with E-state index >= 15 is 0 Å². The molecule has 6 heteroatoms. The molecule has 1 fully saturated rings. The summed E-state index contributed by atoms with van der Waals surface area (Å²) in [4.78, 5) is 17.7. The summed E-state index contributed by atoms with van der Waals surface area (Å²) in [5.74, 6) is 2.21. The van der Waals surface area contributed by atoms with Crippen molar-refractivity contribution in [1.29, 1.82) is 0 Å². The van der Waals surface area contributed by atoms with Gasteiger partial charge in [0, 0.05) is 43.0 Å². The second kappa shape index (κ2) is 7.77. The van der Waals surface area contributed by atoms with Crippen LogP contribution in [0.25, 0.3) is 0 Å². The van der Waals surface area contributed by atoms with Gasteiger partial charge in [-0.2, -0.15) is 11.8 Å². The highest BCUT2D eigenvalue weighted by Gasteiger charge is 2.12. The van der Waals surface area contributed by atoms with Gasteiger partial charge in [-0.25, -0.2) is 0 Å². The lowest BCUT2D eigenvalue weighted by molar-refractivity contribution is 0.102. The number of amides is 1. The van der Waals surface area contributed by atoms with Gasteiger partial charge in [0.1, 0.15) is 4.64 Å². The van der Waals surface area contributed by atoms with E-state index in [1.54, 1.807) is 18.3 Å². The number of carbonyl (C=O) groups excluding carboxylic acids is 1. The summed E-state index contributed by atoms with van der Waals surface area (Å²) in [5, 5.41) is 2.93. The van der Waals surface area contributed by atoms with Gasteiger partial charge in [0.2, 0.25) is 0 Å². The molecule has 0 unspecified atom stereocenters. The van der Waals surface area contributed by atoms with E-state index in [1.165, 1.54) is 17.1 Å². The topological polar surface area (TPSA) is 48.1 Å². The van der Waals surface area contributed by atoms with Crippen molar-refractivity contribution in [3.63, 3.8) is 0 Å². The average molecular weight is 345 g/mol. The molecule has 0 aliphatic carbocycles. The molecule has 1 aliphatic heterocycles. The summed E-state index contributed by atoms with van der Waals surface area (Å²) in [7, 11) is 0. The first-order valence-electron chi connectivity index (χ1n) is 7.60. The van der Waals surface area contributed by atoms with Crippen molar-refractivity contribution in [3.05, 3.63) is 58.4 Å². The molecular weight excluding hydrogens is 326 g/mol. The van der Waals surface area contributed by atoms with Crippen molar-refractivity contribution in [2.75, 3.05) is 29.9 Å². The van der Waals surface area contributed by atoms with Gasteiger partial charge >= 0.3 is 0 Å². The lowest BCUT2D eigenvalue weighted by atomic mass is 10.1. The number of nitrogens with one attached hydrogen (secondary N) is 2. The maximum absolute atomic E-state index is 12.3.